The number of aliphatic carboxylic acids is 1. The normalized spacial score (nSPS) is 11.3. The van der Waals surface area contributed by atoms with Crippen LogP contribution in [0.3, 0.4) is 0 Å². The zero-order valence-electron chi connectivity index (χ0n) is 6.57. The topological polar surface area (TPSA) is 57.5 Å². The van der Waals surface area contributed by atoms with E-state index in [9.17, 15) is 4.79 Å². The van der Waals surface area contributed by atoms with Crippen LogP contribution in [0, 0.1) is 0 Å². The fourth-order valence-electron chi connectivity index (χ4n) is 0.779. The lowest BCUT2D eigenvalue weighted by Gasteiger charge is -1.94. The molecule has 3 nitrogen and oxygen atoms in total. The second-order valence-electron chi connectivity index (χ2n) is 2.39. The summed E-state index contributed by atoms with van der Waals surface area (Å²) in [6, 6.07) is 6.45. The monoisotopic (exact) mass is 198 g/mol. The van der Waals surface area contributed by atoms with Gasteiger partial charge in [-0.3, -0.25) is 0 Å². The van der Waals surface area contributed by atoms with Crippen LogP contribution in [-0.2, 0) is 4.79 Å². The highest BCUT2D eigenvalue weighted by Gasteiger charge is 2.02. The van der Waals surface area contributed by atoms with Gasteiger partial charge in [-0.2, -0.15) is 0 Å². The molecule has 1 rings (SSSR count). The van der Waals surface area contributed by atoms with E-state index in [1.807, 2.05) is 0 Å². The molecule has 0 aliphatic carbocycles. The van der Waals surface area contributed by atoms with Crippen molar-refractivity contribution in [1.82, 2.24) is 0 Å². The molecule has 0 fully saturated rings. The summed E-state index contributed by atoms with van der Waals surface area (Å²) in [4.78, 5) is 10.2. The Morgan fingerprint density at radius 2 is 1.77 bits per heavy atom. The molecule has 1 aromatic carbocycles. The fraction of sp³-hybridized carbons (Fsp3) is 0. The summed E-state index contributed by atoms with van der Waals surface area (Å²) < 4.78 is 0. The third kappa shape index (κ3) is 2.80. The Morgan fingerprint density at radius 1 is 1.23 bits per heavy atom. The van der Waals surface area contributed by atoms with Crippen LogP contribution in [0.2, 0.25) is 5.02 Å². The lowest BCUT2D eigenvalue weighted by atomic mass is 10.2. The molecule has 68 valence electrons. The first-order chi connectivity index (χ1) is 6.09. The zero-order chi connectivity index (χ0) is 9.84. The summed E-state index contributed by atoms with van der Waals surface area (Å²) in [5.41, 5.74) is 0.587. The Kier molecular flexibility index (Phi) is 2.93. The summed E-state index contributed by atoms with van der Waals surface area (Å²) >= 11 is 5.61. The van der Waals surface area contributed by atoms with Crippen molar-refractivity contribution < 1.29 is 15.0 Å². The van der Waals surface area contributed by atoms with Crippen molar-refractivity contribution in [3.63, 3.8) is 0 Å². The average Bonchev–Trinajstić information content (AvgIpc) is 2.08. The number of hydrogen-bond acceptors (Lipinski definition) is 2. The molecule has 0 saturated carbocycles. The Hall–Kier alpha value is -1.48. The molecule has 0 aliphatic heterocycles. The van der Waals surface area contributed by atoms with Crippen LogP contribution in [-0.4, -0.2) is 16.2 Å². The standard InChI is InChI=1S/C9H7ClO3/c10-7-3-1-6(2-4-7)5-8(11)9(12)13/h1-5,11H,(H,12,13). The molecule has 0 spiro atoms. The number of carboxylic acid groups (broad SMARTS) is 1. The van der Waals surface area contributed by atoms with Gasteiger partial charge in [0.2, 0.25) is 5.76 Å². The molecular formula is C9H7ClO3. The van der Waals surface area contributed by atoms with E-state index < -0.39 is 11.7 Å². The number of benzene rings is 1. The van der Waals surface area contributed by atoms with E-state index in [2.05, 4.69) is 0 Å². The number of carbonyl (C=O) groups is 1. The van der Waals surface area contributed by atoms with Gasteiger partial charge in [0.25, 0.3) is 0 Å². The summed E-state index contributed by atoms with van der Waals surface area (Å²) in [6.45, 7) is 0. The number of aliphatic hydroxyl groups is 1. The largest absolute Gasteiger partial charge is 0.502 e. The molecule has 0 aliphatic rings. The first kappa shape index (κ1) is 9.61. The van der Waals surface area contributed by atoms with E-state index in [1.54, 1.807) is 24.3 Å². The fourth-order valence-corrected chi connectivity index (χ4v) is 0.905. The van der Waals surface area contributed by atoms with Gasteiger partial charge >= 0.3 is 5.97 Å². The molecular weight excluding hydrogens is 192 g/mol. The molecule has 0 heterocycles. The molecule has 0 atom stereocenters. The lowest BCUT2D eigenvalue weighted by molar-refractivity contribution is -0.135. The van der Waals surface area contributed by atoms with Gasteiger partial charge in [0, 0.05) is 5.02 Å². The maximum Gasteiger partial charge on any atom is 0.370 e. The lowest BCUT2D eigenvalue weighted by Crippen LogP contribution is -1.98. The molecule has 0 bridgehead atoms. The van der Waals surface area contributed by atoms with E-state index in [-0.39, 0.29) is 0 Å². The molecule has 0 amide bonds. The minimum absolute atomic E-state index is 0.562. The Morgan fingerprint density at radius 3 is 2.23 bits per heavy atom. The van der Waals surface area contributed by atoms with Crippen LogP contribution in [0.4, 0.5) is 0 Å². The molecule has 0 aromatic heterocycles. The van der Waals surface area contributed by atoms with Gasteiger partial charge in [0.1, 0.15) is 0 Å². The highest BCUT2D eigenvalue weighted by atomic mass is 35.5. The zero-order valence-corrected chi connectivity index (χ0v) is 7.32. The SMILES string of the molecule is O=C(O)C(O)=Cc1ccc(Cl)cc1. The molecule has 0 unspecified atom stereocenters. The summed E-state index contributed by atoms with van der Waals surface area (Å²) in [6.07, 6.45) is 1.15. The quantitative estimate of drug-likeness (QED) is 0.567. The Balaban J connectivity index is 2.92. The molecule has 0 saturated heterocycles. The van der Waals surface area contributed by atoms with Gasteiger partial charge in [-0.25, -0.2) is 4.79 Å². The number of carboxylic acids is 1. The molecule has 0 radical (unpaired) electrons. The number of hydrogen-bond donors (Lipinski definition) is 2. The van der Waals surface area contributed by atoms with Crippen molar-refractivity contribution >= 4 is 23.6 Å². The van der Waals surface area contributed by atoms with Crippen molar-refractivity contribution in [1.29, 1.82) is 0 Å². The van der Waals surface area contributed by atoms with Crippen LogP contribution in [0.5, 0.6) is 0 Å². The van der Waals surface area contributed by atoms with Gasteiger partial charge in [-0.15, -0.1) is 0 Å². The van der Waals surface area contributed by atoms with Crippen LogP contribution >= 0.6 is 11.6 Å². The second-order valence-corrected chi connectivity index (χ2v) is 2.82. The third-order valence-corrected chi connectivity index (χ3v) is 1.64. The van der Waals surface area contributed by atoms with Gasteiger partial charge in [-0.1, -0.05) is 23.7 Å². The summed E-state index contributed by atoms with van der Waals surface area (Å²) in [5, 5.41) is 17.8. The predicted molar refractivity (Wildman–Crippen MR) is 49.7 cm³/mol. The minimum atomic E-state index is -1.35. The molecule has 1 aromatic rings. The third-order valence-electron chi connectivity index (χ3n) is 1.39. The van der Waals surface area contributed by atoms with E-state index in [0.29, 0.717) is 10.6 Å². The number of halogens is 1. The highest BCUT2D eigenvalue weighted by molar-refractivity contribution is 6.30. The van der Waals surface area contributed by atoms with Crippen molar-refractivity contribution in [2.75, 3.05) is 0 Å². The van der Waals surface area contributed by atoms with Crippen molar-refractivity contribution in [2.24, 2.45) is 0 Å². The second kappa shape index (κ2) is 3.96. The van der Waals surface area contributed by atoms with E-state index in [4.69, 9.17) is 21.8 Å². The highest BCUT2D eigenvalue weighted by Crippen LogP contribution is 2.11. The maximum absolute atomic E-state index is 10.2. The predicted octanol–water partition coefficient (Wildman–Crippen LogP) is 2.32. The van der Waals surface area contributed by atoms with Gasteiger partial charge in [0.05, 0.1) is 0 Å². The Bertz CT molecular complexity index is 340. The Labute approximate surface area is 79.9 Å². The number of aliphatic hydroxyl groups excluding tert-OH is 1. The van der Waals surface area contributed by atoms with Crippen LogP contribution in [0.15, 0.2) is 30.0 Å². The van der Waals surface area contributed by atoms with E-state index in [1.165, 1.54) is 0 Å². The van der Waals surface area contributed by atoms with Gasteiger partial charge < -0.3 is 10.2 Å². The van der Waals surface area contributed by atoms with Crippen molar-refractivity contribution in [2.45, 2.75) is 0 Å². The average molecular weight is 199 g/mol. The van der Waals surface area contributed by atoms with Crippen molar-refractivity contribution in [3.05, 3.63) is 40.6 Å². The smallest absolute Gasteiger partial charge is 0.370 e. The molecule has 2 N–H and O–H groups in total. The van der Waals surface area contributed by atoms with Gasteiger partial charge in [-0.05, 0) is 23.8 Å². The van der Waals surface area contributed by atoms with Crippen LogP contribution in [0.25, 0.3) is 6.08 Å². The number of rotatable bonds is 2. The van der Waals surface area contributed by atoms with Gasteiger partial charge in [0.15, 0.2) is 0 Å². The maximum atomic E-state index is 10.2. The first-order valence-electron chi connectivity index (χ1n) is 3.49. The molecule has 13 heavy (non-hydrogen) atoms. The van der Waals surface area contributed by atoms with E-state index in [0.717, 1.165) is 6.08 Å². The summed E-state index contributed by atoms with van der Waals surface area (Å²) in [5.74, 6) is -2.04. The molecule has 4 heteroatoms. The first-order valence-corrected chi connectivity index (χ1v) is 3.87. The van der Waals surface area contributed by atoms with Crippen LogP contribution in [0.1, 0.15) is 5.56 Å². The van der Waals surface area contributed by atoms with Crippen molar-refractivity contribution in [3.8, 4) is 0 Å². The van der Waals surface area contributed by atoms with E-state index >= 15 is 0 Å². The van der Waals surface area contributed by atoms with Crippen LogP contribution < -0.4 is 0 Å². The summed E-state index contributed by atoms with van der Waals surface area (Å²) in [7, 11) is 0. The minimum Gasteiger partial charge on any atom is -0.502 e.